The Hall–Kier alpha value is -3.91. The summed E-state index contributed by atoms with van der Waals surface area (Å²) in [5.74, 6) is -2.01. The Morgan fingerprint density at radius 3 is 2.42 bits per heavy atom. The topological polar surface area (TPSA) is 91.7 Å². The van der Waals surface area contributed by atoms with Crippen LogP contribution in [0.2, 0.25) is 0 Å². The highest BCUT2D eigenvalue weighted by molar-refractivity contribution is 6.53. The van der Waals surface area contributed by atoms with E-state index in [1.165, 1.54) is 24.5 Å². The predicted molar refractivity (Wildman–Crippen MR) is 112 cm³/mol. The van der Waals surface area contributed by atoms with Crippen LogP contribution in [0.25, 0.3) is 0 Å². The molecule has 7 nitrogen and oxygen atoms in total. The fourth-order valence-electron chi connectivity index (χ4n) is 3.00. The van der Waals surface area contributed by atoms with Gasteiger partial charge in [-0.3, -0.25) is 14.4 Å². The van der Waals surface area contributed by atoms with E-state index < -0.39 is 17.6 Å². The van der Waals surface area contributed by atoms with Crippen LogP contribution in [0.1, 0.15) is 16.1 Å². The second-order valence-electron chi connectivity index (χ2n) is 6.55. The number of furan rings is 1. The summed E-state index contributed by atoms with van der Waals surface area (Å²) in [5.41, 5.74) is 0.451. The molecule has 0 saturated heterocycles. The van der Waals surface area contributed by atoms with Gasteiger partial charge in [0.05, 0.1) is 18.5 Å². The molecule has 0 saturated carbocycles. The number of nitrogens with zero attached hydrogens (tertiary/aromatic N) is 1. The molecule has 2 aromatic carbocycles. The van der Waals surface area contributed by atoms with E-state index in [0.717, 1.165) is 6.07 Å². The van der Waals surface area contributed by atoms with Gasteiger partial charge in [0.2, 0.25) is 0 Å². The smallest absolute Gasteiger partial charge is 0.283 e. The molecule has 0 radical (unpaired) electrons. The van der Waals surface area contributed by atoms with Crippen molar-refractivity contribution in [3.8, 4) is 0 Å². The zero-order valence-electron chi connectivity index (χ0n) is 15.9. The molecule has 2 N–H and O–H groups in total. The molecule has 3 aromatic rings. The number of benzene rings is 2. The molecule has 0 unspecified atom stereocenters. The highest BCUT2D eigenvalue weighted by Gasteiger charge is 2.40. The highest BCUT2D eigenvalue weighted by atomic mass is 35.5. The standard InChI is InChI=1S/C22H15ClFN3O4/c23-18-19(22(30)27(21(18)29)17-6-2-1-5-16(17)24)26-14-9-7-13(8-10-14)20(28)25-12-15-4-3-11-31-15/h1-11,26H,12H2,(H,25,28). The first-order valence-electron chi connectivity index (χ1n) is 9.16. The first-order chi connectivity index (χ1) is 15.0. The average molecular weight is 440 g/mol. The molecule has 0 aliphatic carbocycles. The van der Waals surface area contributed by atoms with Gasteiger partial charge in [0.15, 0.2) is 0 Å². The van der Waals surface area contributed by atoms with E-state index in [4.69, 9.17) is 16.0 Å². The molecule has 3 amide bonds. The summed E-state index contributed by atoms with van der Waals surface area (Å²) in [7, 11) is 0. The molecule has 4 rings (SSSR count). The van der Waals surface area contributed by atoms with E-state index in [1.807, 2.05) is 0 Å². The average Bonchev–Trinajstić information content (AvgIpc) is 3.37. The predicted octanol–water partition coefficient (Wildman–Crippen LogP) is 3.78. The minimum absolute atomic E-state index is 0.176. The Bertz CT molecular complexity index is 1190. The van der Waals surface area contributed by atoms with Gasteiger partial charge in [-0.1, -0.05) is 23.7 Å². The number of amides is 3. The van der Waals surface area contributed by atoms with Crippen molar-refractivity contribution in [1.82, 2.24) is 5.32 Å². The van der Waals surface area contributed by atoms with E-state index in [1.54, 1.807) is 36.4 Å². The van der Waals surface area contributed by atoms with Crippen molar-refractivity contribution in [2.45, 2.75) is 6.54 Å². The lowest BCUT2D eigenvalue weighted by Gasteiger charge is -2.15. The zero-order chi connectivity index (χ0) is 22.0. The number of hydrogen-bond donors (Lipinski definition) is 2. The first kappa shape index (κ1) is 20.4. The van der Waals surface area contributed by atoms with Crippen LogP contribution >= 0.6 is 11.6 Å². The third-order valence-electron chi connectivity index (χ3n) is 4.54. The van der Waals surface area contributed by atoms with E-state index in [2.05, 4.69) is 10.6 Å². The molecule has 31 heavy (non-hydrogen) atoms. The maximum atomic E-state index is 14.1. The summed E-state index contributed by atoms with van der Waals surface area (Å²) in [4.78, 5) is 38.1. The lowest BCUT2D eigenvalue weighted by molar-refractivity contribution is -0.120. The van der Waals surface area contributed by atoms with Crippen molar-refractivity contribution in [3.63, 3.8) is 0 Å². The Balaban J connectivity index is 1.46. The quantitative estimate of drug-likeness (QED) is 0.570. The molecule has 0 atom stereocenters. The van der Waals surface area contributed by atoms with Crippen LogP contribution < -0.4 is 15.5 Å². The van der Waals surface area contributed by atoms with Crippen LogP contribution in [0.5, 0.6) is 0 Å². The van der Waals surface area contributed by atoms with Gasteiger partial charge in [-0.2, -0.15) is 0 Å². The second kappa shape index (κ2) is 8.45. The summed E-state index contributed by atoms with van der Waals surface area (Å²) in [5, 5.41) is 5.14. The number of hydrogen-bond acceptors (Lipinski definition) is 5. The Morgan fingerprint density at radius 2 is 1.74 bits per heavy atom. The van der Waals surface area contributed by atoms with Crippen LogP contribution in [0.4, 0.5) is 15.8 Å². The Kier molecular flexibility index (Phi) is 5.55. The summed E-state index contributed by atoms with van der Waals surface area (Å²) in [6, 6.07) is 15.1. The van der Waals surface area contributed by atoms with Gasteiger partial charge in [-0.25, -0.2) is 9.29 Å². The lowest BCUT2D eigenvalue weighted by Crippen LogP contribution is -2.33. The molecule has 1 aliphatic heterocycles. The van der Waals surface area contributed by atoms with Gasteiger partial charge in [0.25, 0.3) is 17.7 Å². The van der Waals surface area contributed by atoms with Gasteiger partial charge < -0.3 is 15.1 Å². The van der Waals surface area contributed by atoms with Gasteiger partial charge in [0, 0.05) is 11.3 Å². The largest absolute Gasteiger partial charge is 0.467 e. The third kappa shape index (κ3) is 4.06. The summed E-state index contributed by atoms with van der Waals surface area (Å²) < 4.78 is 19.2. The van der Waals surface area contributed by atoms with Crippen molar-refractivity contribution in [2.24, 2.45) is 0 Å². The fraction of sp³-hybridized carbons (Fsp3) is 0.0455. The molecule has 0 spiro atoms. The summed E-state index contributed by atoms with van der Waals surface area (Å²) in [6.07, 6.45) is 1.52. The molecule has 0 bridgehead atoms. The number of anilines is 2. The maximum absolute atomic E-state index is 14.1. The van der Waals surface area contributed by atoms with Gasteiger partial charge in [-0.05, 0) is 48.5 Å². The number of para-hydroxylation sites is 1. The van der Waals surface area contributed by atoms with Crippen molar-refractivity contribution < 1.29 is 23.2 Å². The second-order valence-corrected chi connectivity index (χ2v) is 6.93. The number of nitrogens with one attached hydrogen (secondary N) is 2. The van der Waals surface area contributed by atoms with Crippen molar-refractivity contribution in [3.05, 3.63) is 94.8 Å². The van der Waals surface area contributed by atoms with Crippen molar-refractivity contribution >= 4 is 40.7 Å². The van der Waals surface area contributed by atoms with Gasteiger partial charge in [-0.15, -0.1) is 0 Å². The molecule has 2 heterocycles. The number of carbonyl (C=O) groups is 3. The van der Waals surface area contributed by atoms with Crippen LogP contribution in [0.15, 0.2) is 82.1 Å². The SMILES string of the molecule is O=C(NCc1ccco1)c1ccc(NC2=C(Cl)C(=O)N(c3ccccc3F)C2=O)cc1. The van der Waals surface area contributed by atoms with Crippen LogP contribution in [0.3, 0.4) is 0 Å². The highest BCUT2D eigenvalue weighted by Crippen LogP contribution is 2.31. The molecule has 0 fully saturated rings. The van der Waals surface area contributed by atoms with E-state index >= 15 is 0 Å². The normalized spacial score (nSPS) is 13.7. The third-order valence-corrected chi connectivity index (χ3v) is 4.89. The molecular weight excluding hydrogens is 425 g/mol. The van der Waals surface area contributed by atoms with E-state index in [-0.39, 0.29) is 28.9 Å². The van der Waals surface area contributed by atoms with Gasteiger partial charge >= 0.3 is 0 Å². The molecule has 156 valence electrons. The van der Waals surface area contributed by atoms with Crippen LogP contribution in [-0.4, -0.2) is 17.7 Å². The first-order valence-corrected chi connectivity index (χ1v) is 9.54. The van der Waals surface area contributed by atoms with Crippen molar-refractivity contribution in [2.75, 3.05) is 10.2 Å². The molecule has 9 heteroatoms. The zero-order valence-corrected chi connectivity index (χ0v) is 16.7. The monoisotopic (exact) mass is 439 g/mol. The van der Waals surface area contributed by atoms with E-state index in [9.17, 15) is 18.8 Å². The maximum Gasteiger partial charge on any atom is 0.283 e. The molecule has 1 aliphatic rings. The Labute approximate surface area is 181 Å². The van der Waals surface area contributed by atoms with Crippen molar-refractivity contribution in [1.29, 1.82) is 0 Å². The van der Waals surface area contributed by atoms with Gasteiger partial charge in [0.1, 0.15) is 22.3 Å². The van der Waals surface area contributed by atoms with Crippen LogP contribution in [-0.2, 0) is 16.1 Å². The lowest BCUT2D eigenvalue weighted by atomic mass is 10.2. The molecule has 1 aromatic heterocycles. The fourth-order valence-corrected chi connectivity index (χ4v) is 3.21. The number of imide groups is 1. The minimum atomic E-state index is -0.826. The van der Waals surface area contributed by atoms with E-state index in [0.29, 0.717) is 21.9 Å². The number of carbonyl (C=O) groups excluding carboxylic acids is 3. The summed E-state index contributed by atoms with van der Waals surface area (Å²) in [6.45, 7) is 0.247. The number of rotatable bonds is 6. The summed E-state index contributed by atoms with van der Waals surface area (Å²) >= 11 is 6.05. The minimum Gasteiger partial charge on any atom is -0.467 e. The Morgan fingerprint density at radius 1 is 1.00 bits per heavy atom. The number of halogens is 2. The van der Waals surface area contributed by atoms with Crippen LogP contribution in [0, 0.1) is 5.82 Å². The molecular formula is C22H15ClFN3O4.